The van der Waals surface area contributed by atoms with E-state index in [4.69, 9.17) is 0 Å². The Morgan fingerprint density at radius 3 is 2.37 bits per heavy atom. The van der Waals surface area contributed by atoms with E-state index < -0.39 is 23.8 Å². The average molecular weight is 500 g/mol. The van der Waals surface area contributed by atoms with Crippen molar-refractivity contribution in [2.75, 3.05) is 31.1 Å². The fraction of sp³-hybridized carbons (Fsp3) is 0.412. The number of amides is 4. The molecule has 1 aromatic carbocycles. The highest BCUT2D eigenvalue weighted by molar-refractivity contribution is 14.2. The standard InChI is InChI=1S/C17H17IN4O4S/c18-27-21-7-5-20(6-8-21)10-1-2-11-12(9-10)17(26)22(16(11)25)13-3-4-14(23)19-15(13)24/h1-2,9,13H,3-8H2,(H,19,23,24). The highest BCUT2D eigenvalue weighted by Crippen LogP contribution is 2.31. The molecule has 2 fully saturated rings. The number of imide groups is 2. The summed E-state index contributed by atoms with van der Waals surface area (Å²) in [6, 6.07) is 4.33. The van der Waals surface area contributed by atoms with Crippen molar-refractivity contribution in [3.63, 3.8) is 0 Å². The molecule has 4 rings (SSSR count). The maximum atomic E-state index is 12.9. The Morgan fingerprint density at radius 2 is 1.70 bits per heavy atom. The predicted molar refractivity (Wildman–Crippen MR) is 109 cm³/mol. The van der Waals surface area contributed by atoms with Gasteiger partial charge < -0.3 is 4.90 Å². The van der Waals surface area contributed by atoms with Gasteiger partial charge in [0.25, 0.3) is 11.8 Å². The minimum absolute atomic E-state index is 0.119. The van der Waals surface area contributed by atoms with Crippen molar-refractivity contribution in [2.24, 2.45) is 0 Å². The van der Waals surface area contributed by atoms with Crippen LogP contribution >= 0.6 is 30.3 Å². The molecular weight excluding hydrogens is 483 g/mol. The summed E-state index contributed by atoms with van der Waals surface area (Å²) in [6.07, 6.45) is 0.285. The molecule has 2 saturated heterocycles. The fourth-order valence-corrected chi connectivity index (χ4v) is 5.15. The second-order valence-electron chi connectivity index (χ2n) is 6.66. The molecule has 3 aliphatic heterocycles. The van der Waals surface area contributed by atoms with Gasteiger partial charge >= 0.3 is 0 Å². The molecule has 142 valence electrons. The first-order valence-electron chi connectivity index (χ1n) is 8.64. The third-order valence-corrected chi connectivity index (χ3v) is 7.36. The number of nitrogens with zero attached hydrogens (tertiary/aromatic N) is 3. The summed E-state index contributed by atoms with van der Waals surface area (Å²) in [7, 11) is 1.69. The summed E-state index contributed by atoms with van der Waals surface area (Å²) in [5, 5.41) is 2.21. The van der Waals surface area contributed by atoms with Crippen molar-refractivity contribution < 1.29 is 19.2 Å². The van der Waals surface area contributed by atoms with Gasteiger partial charge in [0.05, 0.1) is 11.1 Å². The highest BCUT2D eigenvalue weighted by Gasteiger charge is 2.44. The minimum atomic E-state index is -0.928. The van der Waals surface area contributed by atoms with Gasteiger partial charge in [-0.15, -0.1) is 0 Å². The van der Waals surface area contributed by atoms with Crippen molar-refractivity contribution in [2.45, 2.75) is 18.9 Å². The van der Waals surface area contributed by atoms with E-state index in [1.165, 1.54) is 0 Å². The van der Waals surface area contributed by atoms with E-state index in [0.29, 0.717) is 11.1 Å². The monoisotopic (exact) mass is 500 g/mol. The summed E-state index contributed by atoms with van der Waals surface area (Å²) in [4.78, 5) is 52.2. The quantitative estimate of drug-likeness (QED) is 0.379. The van der Waals surface area contributed by atoms with E-state index in [9.17, 15) is 19.2 Å². The molecular formula is C17H17IN4O4S. The average Bonchev–Trinajstić information content (AvgIpc) is 2.92. The Labute approximate surface area is 172 Å². The number of anilines is 1. The van der Waals surface area contributed by atoms with Crippen molar-refractivity contribution in [1.29, 1.82) is 0 Å². The Kier molecular flexibility index (Phi) is 5.12. The molecule has 0 aromatic heterocycles. The number of rotatable bonds is 3. The smallest absolute Gasteiger partial charge is 0.262 e. The first-order chi connectivity index (χ1) is 13.0. The number of carbonyl (C=O) groups excluding carboxylic acids is 4. The summed E-state index contributed by atoms with van der Waals surface area (Å²) in [5.74, 6) is -1.90. The molecule has 0 aliphatic carbocycles. The second-order valence-corrected chi connectivity index (χ2v) is 8.50. The van der Waals surface area contributed by atoms with Gasteiger partial charge in [-0.05, 0) is 33.7 Å². The van der Waals surface area contributed by atoms with E-state index in [2.05, 4.69) is 35.7 Å². The Balaban J connectivity index is 1.57. The van der Waals surface area contributed by atoms with Crippen LogP contribution in [0.15, 0.2) is 18.2 Å². The number of piperazine rings is 1. The van der Waals surface area contributed by atoms with Crippen molar-refractivity contribution >= 4 is 59.6 Å². The van der Waals surface area contributed by atoms with Gasteiger partial charge in [-0.3, -0.25) is 29.4 Å². The van der Waals surface area contributed by atoms with Crippen LogP contribution in [-0.2, 0) is 9.59 Å². The van der Waals surface area contributed by atoms with Crippen LogP contribution in [0.25, 0.3) is 0 Å². The second kappa shape index (κ2) is 7.40. The van der Waals surface area contributed by atoms with Crippen LogP contribution in [0.4, 0.5) is 5.69 Å². The first kappa shape index (κ1) is 18.7. The van der Waals surface area contributed by atoms with Gasteiger partial charge in [0.15, 0.2) is 0 Å². The first-order valence-corrected chi connectivity index (χ1v) is 12.0. The zero-order valence-corrected chi connectivity index (χ0v) is 17.3. The molecule has 1 atom stereocenters. The molecule has 0 radical (unpaired) electrons. The third-order valence-electron chi connectivity index (χ3n) is 5.12. The number of halogens is 1. The molecule has 1 unspecified atom stereocenters. The van der Waals surface area contributed by atoms with E-state index in [1.807, 2.05) is 6.07 Å². The normalized spacial score (nSPS) is 23.7. The molecule has 27 heavy (non-hydrogen) atoms. The van der Waals surface area contributed by atoms with Crippen LogP contribution < -0.4 is 10.2 Å². The number of benzene rings is 1. The lowest BCUT2D eigenvalue weighted by Gasteiger charge is -2.34. The Bertz CT molecular complexity index is 840. The van der Waals surface area contributed by atoms with Gasteiger partial charge in [0.2, 0.25) is 11.8 Å². The lowest BCUT2D eigenvalue weighted by Crippen LogP contribution is -2.54. The summed E-state index contributed by atoms with van der Waals surface area (Å²) in [6.45, 7) is 3.52. The zero-order valence-electron chi connectivity index (χ0n) is 14.3. The van der Waals surface area contributed by atoms with Crippen LogP contribution in [0.5, 0.6) is 0 Å². The van der Waals surface area contributed by atoms with Crippen LogP contribution in [0.1, 0.15) is 33.6 Å². The molecule has 0 saturated carbocycles. The molecule has 0 spiro atoms. The van der Waals surface area contributed by atoms with Gasteiger partial charge in [-0.25, -0.2) is 4.31 Å². The Hall–Kier alpha value is -1.66. The molecule has 0 bridgehead atoms. The topological polar surface area (TPSA) is 90.0 Å². The Morgan fingerprint density at radius 1 is 1.00 bits per heavy atom. The van der Waals surface area contributed by atoms with Crippen LogP contribution in [0, 0.1) is 0 Å². The van der Waals surface area contributed by atoms with E-state index >= 15 is 0 Å². The fourth-order valence-electron chi connectivity index (χ4n) is 3.67. The van der Waals surface area contributed by atoms with Gasteiger partial charge in [0, 0.05) is 59.5 Å². The van der Waals surface area contributed by atoms with Crippen LogP contribution in [0.2, 0.25) is 0 Å². The number of piperidine rings is 1. The van der Waals surface area contributed by atoms with Gasteiger partial charge in [-0.2, -0.15) is 0 Å². The highest BCUT2D eigenvalue weighted by atomic mass is 127. The number of fused-ring (bicyclic) bond motifs is 1. The molecule has 3 aliphatic rings. The van der Waals surface area contributed by atoms with Crippen LogP contribution in [-0.4, -0.2) is 65.1 Å². The SMILES string of the molecule is O=C1CCC(N2C(=O)c3ccc(N4CCN(SI)CC4)cc3C2=O)C(=O)N1. The number of hydrogen-bond acceptors (Lipinski definition) is 7. The zero-order chi connectivity index (χ0) is 19.1. The van der Waals surface area contributed by atoms with E-state index in [-0.39, 0.29) is 18.7 Å². The predicted octanol–water partition coefficient (Wildman–Crippen LogP) is 1.21. The van der Waals surface area contributed by atoms with E-state index in [1.54, 1.807) is 21.3 Å². The maximum absolute atomic E-state index is 12.9. The number of nitrogens with one attached hydrogen (secondary N) is 1. The molecule has 1 N–H and O–H groups in total. The van der Waals surface area contributed by atoms with Crippen LogP contribution in [0.3, 0.4) is 0 Å². The molecule has 8 nitrogen and oxygen atoms in total. The minimum Gasteiger partial charge on any atom is -0.369 e. The summed E-state index contributed by atoms with van der Waals surface area (Å²) in [5.41, 5.74) is 1.54. The molecule has 4 amide bonds. The maximum Gasteiger partial charge on any atom is 0.262 e. The lowest BCUT2D eigenvalue weighted by atomic mass is 10.0. The lowest BCUT2D eigenvalue weighted by molar-refractivity contribution is -0.136. The third kappa shape index (κ3) is 3.34. The van der Waals surface area contributed by atoms with Crippen molar-refractivity contribution in [1.82, 2.24) is 14.5 Å². The molecule has 3 heterocycles. The van der Waals surface area contributed by atoms with Gasteiger partial charge in [-0.1, -0.05) is 0 Å². The van der Waals surface area contributed by atoms with Gasteiger partial charge in [0.1, 0.15) is 6.04 Å². The van der Waals surface area contributed by atoms with Crippen molar-refractivity contribution in [3.8, 4) is 0 Å². The number of carbonyl (C=O) groups is 4. The van der Waals surface area contributed by atoms with Crippen molar-refractivity contribution in [3.05, 3.63) is 29.3 Å². The largest absolute Gasteiger partial charge is 0.369 e. The molecule has 1 aromatic rings. The summed E-state index contributed by atoms with van der Waals surface area (Å²) < 4.78 is 2.27. The molecule has 10 heteroatoms. The summed E-state index contributed by atoms with van der Waals surface area (Å²) >= 11 is 2.27. The van der Waals surface area contributed by atoms with E-state index in [0.717, 1.165) is 36.8 Å². The number of hydrogen-bond donors (Lipinski definition) is 1.